The van der Waals surface area contributed by atoms with Gasteiger partial charge in [-0.05, 0) is 55.7 Å². The molecule has 2 fully saturated rings. The van der Waals surface area contributed by atoms with Crippen LogP contribution in [0.25, 0.3) is 10.9 Å². The van der Waals surface area contributed by atoms with Crippen molar-refractivity contribution < 1.29 is 81.8 Å². The number of amides is 9. The highest BCUT2D eigenvalue weighted by atomic mass is 32.2. The van der Waals surface area contributed by atoms with Crippen LogP contribution in [0.3, 0.4) is 0 Å². The van der Waals surface area contributed by atoms with Crippen molar-refractivity contribution in [1.29, 1.82) is 0 Å². The van der Waals surface area contributed by atoms with Crippen LogP contribution in [0.4, 0.5) is 0 Å². The van der Waals surface area contributed by atoms with E-state index in [-0.39, 0.29) is 46.9 Å². The Hall–Kier alpha value is -6.97. The van der Waals surface area contributed by atoms with Crippen LogP contribution in [0.15, 0.2) is 23.2 Å². The number of nitrogens with one attached hydrogen (secondary N) is 6. The Morgan fingerprint density at radius 3 is 2.12 bits per heavy atom. The van der Waals surface area contributed by atoms with Gasteiger partial charge in [0.2, 0.25) is 53.2 Å². The van der Waals surface area contributed by atoms with E-state index in [4.69, 9.17) is 10.5 Å². The molecular weight excluding hydrogens is 1140 g/mol. The molecule has 474 valence electrons. The molecule has 0 radical (unpaired) electrons. The Balaban J connectivity index is 1.29. The second-order valence-corrected chi connectivity index (χ2v) is 24.9. The molecule has 0 aliphatic carbocycles. The summed E-state index contributed by atoms with van der Waals surface area (Å²) in [5, 5.41) is 44.9. The molecule has 27 heteroatoms. The van der Waals surface area contributed by atoms with Gasteiger partial charge in [-0.1, -0.05) is 59.8 Å². The number of aromatic amines is 1. The molecule has 9 amide bonds. The number of ketones is 3. The molecule has 2 aromatic rings. The van der Waals surface area contributed by atoms with Crippen LogP contribution in [0, 0.1) is 29.6 Å². The van der Waals surface area contributed by atoms with Crippen LogP contribution in [-0.2, 0) is 74.8 Å². The number of likely N-dealkylation sites (tertiary alicyclic amines) is 1. The van der Waals surface area contributed by atoms with Gasteiger partial charge in [-0.2, -0.15) is 0 Å². The second kappa shape index (κ2) is 32.1. The average molecular weight is 1220 g/mol. The Labute approximate surface area is 501 Å². The van der Waals surface area contributed by atoms with Crippen LogP contribution in [0.2, 0.25) is 0 Å². The predicted octanol–water partition coefficient (Wildman–Crippen LogP) is -0.201. The first-order valence-corrected chi connectivity index (χ1v) is 31.3. The van der Waals surface area contributed by atoms with Crippen molar-refractivity contribution in [2.24, 2.45) is 35.3 Å². The molecule has 4 aliphatic heterocycles. The van der Waals surface area contributed by atoms with E-state index < -0.39 is 181 Å². The van der Waals surface area contributed by atoms with E-state index in [0.717, 1.165) is 37.0 Å². The zero-order valence-corrected chi connectivity index (χ0v) is 50.3. The Morgan fingerprint density at radius 1 is 0.791 bits per heavy atom. The molecular formula is C59H85N9O17S. The third-order valence-corrected chi connectivity index (χ3v) is 18.2. The van der Waals surface area contributed by atoms with Gasteiger partial charge in [0, 0.05) is 87.2 Å². The minimum absolute atomic E-state index is 0.0622. The van der Waals surface area contributed by atoms with Crippen LogP contribution in [0.5, 0.6) is 5.75 Å². The topological polar surface area (TPSA) is 400 Å². The van der Waals surface area contributed by atoms with Crippen molar-refractivity contribution >= 4 is 92.2 Å². The SMILES string of the molecule is CC[C@H](C)C1NC(=O)CNC(=O)C2CC(=O)[C@H]([C@@H](C)[C@@H](O)CO)NC(=O)[C@@H]3C[C@@H](O)CN3C(=O)[C@H](CC(N)=O)CC(=O)[C@H](CS(=O)c3[nH]c4cc(OCCCCCCCC(=O)CCCCCN5C(=O)CC(C)C5=O)ccc4c3C2)NC(=O)CNC1=O. The monoisotopic (exact) mass is 1220 g/mol. The number of nitrogens with two attached hydrogens (primary N) is 1. The number of rotatable bonds is 22. The van der Waals surface area contributed by atoms with Crippen molar-refractivity contribution in [1.82, 2.24) is 41.4 Å². The summed E-state index contributed by atoms with van der Waals surface area (Å²) in [4.78, 5) is 169. The fourth-order valence-corrected chi connectivity index (χ4v) is 12.9. The third-order valence-electron chi connectivity index (χ3n) is 16.8. The first-order valence-electron chi connectivity index (χ1n) is 30.0. The van der Waals surface area contributed by atoms with Gasteiger partial charge in [-0.25, -0.2) is 0 Å². The summed E-state index contributed by atoms with van der Waals surface area (Å²) >= 11 is 0. The number of ether oxygens (including phenoxy) is 1. The molecule has 1 aromatic carbocycles. The minimum Gasteiger partial charge on any atom is -0.494 e. The summed E-state index contributed by atoms with van der Waals surface area (Å²) in [6.07, 6.45) is 1.50. The summed E-state index contributed by atoms with van der Waals surface area (Å²) in [7, 11) is -2.34. The number of imide groups is 1. The highest BCUT2D eigenvalue weighted by Gasteiger charge is 2.45. The van der Waals surface area contributed by atoms with Gasteiger partial charge in [0.25, 0.3) is 0 Å². The standard InChI is InChI=1S/C59H85N9O17S/c1-5-32(2)52-56(81)62-27-49(76)63-43-31-86(84)57-41(40-17-16-39(26-42(40)64-57)85-19-13-8-6-7-10-14-37(70)15-11-9-12-18-67-51(78)20-33(3)58(67)82)21-35(54(79)61-28-50(77)65-52)22-46(73)53(34(4)47(74)30-69)66-55(80)44-25-38(71)29-68(44)59(83)36(23-45(43)72)24-48(60)75/h16-17,26,32-36,38,43-44,47,52-53,64,69,71,74H,5-15,18-25,27-31H2,1-4H3,(H2,60,75)(H,61,79)(H,62,81)(H,63,76)(H,65,77)(H,66,80)/t32-,33?,34-,35?,36-,38+,43-,44-,47-,52?,53-,86?/m0/s1. The lowest BCUT2D eigenvalue weighted by atomic mass is 9.85. The number of hydrogen-bond acceptors (Lipinski definition) is 17. The van der Waals surface area contributed by atoms with Crippen LogP contribution < -0.4 is 37.1 Å². The molecule has 4 unspecified atom stereocenters. The predicted molar refractivity (Wildman–Crippen MR) is 310 cm³/mol. The summed E-state index contributed by atoms with van der Waals surface area (Å²) in [6.45, 7) is 4.42. The number of H-pyrrole nitrogens is 1. The lowest BCUT2D eigenvalue weighted by Gasteiger charge is -2.32. The molecule has 2 bridgehead atoms. The number of nitrogens with zero attached hydrogens (tertiary/aromatic N) is 2. The molecule has 11 N–H and O–H groups in total. The molecule has 0 saturated carbocycles. The van der Waals surface area contributed by atoms with Crippen LogP contribution in [0.1, 0.15) is 136 Å². The number of Topliss-reactive ketones (excluding diaryl/α,β-unsaturated/α-hetero) is 3. The Morgan fingerprint density at radius 2 is 1.45 bits per heavy atom. The number of carbonyl (C=O) groups is 12. The molecule has 86 heavy (non-hydrogen) atoms. The third kappa shape index (κ3) is 18.5. The normalized spacial score (nSPS) is 26.2. The number of carbonyl (C=O) groups excluding carboxylic acids is 12. The molecule has 6 rings (SSSR count). The largest absolute Gasteiger partial charge is 0.494 e. The number of aliphatic hydroxyl groups excluding tert-OH is 3. The van der Waals surface area contributed by atoms with Crippen molar-refractivity contribution in [3.63, 3.8) is 0 Å². The number of aliphatic hydroxyl groups is 3. The molecule has 2 saturated heterocycles. The van der Waals surface area contributed by atoms with E-state index in [9.17, 15) is 72.9 Å². The molecule has 26 nitrogen and oxygen atoms in total. The van der Waals surface area contributed by atoms with Gasteiger partial charge >= 0.3 is 0 Å². The lowest BCUT2D eigenvalue weighted by molar-refractivity contribution is -0.145. The highest BCUT2D eigenvalue weighted by Crippen LogP contribution is 2.33. The van der Waals surface area contributed by atoms with E-state index in [0.29, 0.717) is 68.3 Å². The van der Waals surface area contributed by atoms with E-state index in [1.165, 1.54) is 11.8 Å². The van der Waals surface area contributed by atoms with E-state index >= 15 is 4.21 Å². The molecule has 4 aliphatic rings. The maximum Gasteiger partial charge on any atom is 0.243 e. The maximum absolute atomic E-state index is 15.1. The zero-order valence-electron chi connectivity index (χ0n) is 49.5. The second-order valence-electron chi connectivity index (χ2n) is 23.4. The molecule has 12 atom stereocenters. The molecule has 0 spiro atoms. The van der Waals surface area contributed by atoms with Crippen molar-refractivity contribution in [3.8, 4) is 5.75 Å². The number of fused-ring (bicyclic) bond motifs is 5. The number of primary amides is 1. The summed E-state index contributed by atoms with van der Waals surface area (Å²) in [6, 6.07) is -1.22. The van der Waals surface area contributed by atoms with Gasteiger partial charge in [0.05, 0.1) is 78.6 Å². The van der Waals surface area contributed by atoms with Crippen LogP contribution in [-0.4, -0.2) is 186 Å². The lowest BCUT2D eigenvalue weighted by Crippen LogP contribution is -2.56. The van der Waals surface area contributed by atoms with Crippen molar-refractivity contribution in [2.45, 2.75) is 178 Å². The quantitative estimate of drug-likeness (QED) is 0.0539. The van der Waals surface area contributed by atoms with Gasteiger partial charge in [0.1, 0.15) is 28.6 Å². The zero-order chi connectivity index (χ0) is 62.9. The molecule has 5 heterocycles. The number of hydrogen-bond donors (Lipinski definition) is 10. The average Bonchev–Trinajstić information content (AvgIpc) is 2.36. The van der Waals surface area contributed by atoms with E-state index in [2.05, 4.69) is 31.6 Å². The smallest absolute Gasteiger partial charge is 0.243 e. The highest BCUT2D eigenvalue weighted by molar-refractivity contribution is 7.85. The first-order chi connectivity index (χ1) is 40.9. The fourth-order valence-electron chi connectivity index (χ4n) is 11.5. The number of aromatic nitrogens is 1. The summed E-state index contributed by atoms with van der Waals surface area (Å²) in [5.41, 5.74) is 6.15. The van der Waals surface area contributed by atoms with Crippen molar-refractivity contribution in [3.05, 3.63) is 23.8 Å². The van der Waals surface area contributed by atoms with Crippen molar-refractivity contribution in [2.75, 3.05) is 45.1 Å². The van der Waals surface area contributed by atoms with E-state index in [1.54, 1.807) is 39.0 Å². The van der Waals surface area contributed by atoms with Gasteiger partial charge in [-0.3, -0.25) is 66.6 Å². The number of unbranched alkanes of at least 4 members (excludes halogenated alkanes) is 6. The fraction of sp³-hybridized carbons (Fsp3) is 0.661. The van der Waals surface area contributed by atoms with Gasteiger partial charge in [0.15, 0.2) is 11.6 Å². The summed E-state index contributed by atoms with van der Waals surface area (Å²) in [5.74, 6) is -13.7. The van der Waals surface area contributed by atoms with E-state index in [1.807, 2.05) is 0 Å². The first kappa shape index (κ1) is 68.1. The molecule has 1 aromatic heterocycles. The Bertz CT molecular complexity index is 2880. The van der Waals surface area contributed by atoms with Crippen LogP contribution >= 0.6 is 0 Å². The Kier molecular flexibility index (Phi) is 25.5. The van der Waals surface area contributed by atoms with Gasteiger partial charge < -0.3 is 62.3 Å². The maximum atomic E-state index is 15.1. The summed E-state index contributed by atoms with van der Waals surface area (Å²) < 4.78 is 21.2. The number of benzene rings is 1. The minimum atomic E-state index is -2.34. The van der Waals surface area contributed by atoms with Gasteiger partial charge in [-0.15, -0.1) is 0 Å².